The summed E-state index contributed by atoms with van der Waals surface area (Å²) in [6, 6.07) is 15.4. The largest absolute Gasteiger partial charge is 0.311 e. The van der Waals surface area contributed by atoms with Crippen molar-refractivity contribution in [3.05, 3.63) is 75.6 Å². The Bertz CT molecular complexity index is 1090. The minimum Gasteiger partial charge on any atom is -0.311 e. The third-order valence-corrected chi connectivity index (χ3v) is 5.51. The number of para-hydroxylation sites is 1. The molecule has 0 radical (unpaired) electrons. The lowest BCUT2D eigenvalue weighted by atomic mass is 10.0. The number of nitrogens with zero attached hydrogens (tertiary/aromatic N) is 2. The average Bonchev–Trinajstić information content (AvgIpc) is 3.51. The van der Waals surface area contributed by atoms with Gasteiger partial charge in [0.25, 0.3) is 11.5 Å². The van der Waals surface area contributed by atoms with Gasteiger partial charge < -0.3 is 9.47 Å². The summed E-state index contributed by atoms with van der Waals surface area (Å²) in [7, 11) is 1.81. The van der Waals surface area contributed by atoms with Gasteiger partial charge in [0, 0.05) is 36.3 Å². The van der Waals surface area contributed by atoms with Crippen LogP contribution >= 0.6 is 0 Å². The Morgan fingerprint density at radius 2 is 1.89 bits per heavy atom. The summed E-state index contributed by atoms with van der Waals surface area (Å²) in [6.45, 7) is 4.60. The van der Waals surface area contributed by atoms with E-state index in [1.807, 2.05) is 63.4 Å². The Balaban J connectivity index is 1.82. The molecule has 0 N–H and O–H groups in total. The molecule has 0 bridgehead atoms. The van der Waals surface area contributed by atoms with Gasteiger partial charge in [-0.05, 0) is 68.0 Å². The molecule has 3 aromatic rings. The number of carbonyl (C=O) groups is 1. The van der Waals surface area contributed by atoms with Crippen molar-refractivity contribution >= 4 is 22.5 Å². The van der Waals surface area contributed by atoms with E-state index in [9.17, 15) is 9.59 Å². The minimum absolute atomic E-state index is 0.0396. The number of rotatable bonds is 4. The Morgan fingerprint density at radius 3 is 2.56 bits per heavy atom. The minimum atomic E-state index is -0.0396. The molecule has 4 heteroatoms. The molecule has 1 aromatic heterocycles. The Hall–Kier alpha value is -2.88. The van der Waals surface area contributed by atoms with Gasteiger partial charge in [0.15, 0.2) is 0 Å². The van der Waals surface area contributed by atoms with Crippen LogP contribution in [0.3, 0.4) is 0 Å². The predicted octanol–water partition coefficient (Wildman–Crippen LogP) is 4.48. The van der Waals surface area contributed by atoms with Crippen LogP contribution in [0.15, 0.2) is 53.3 Å². The van der Waals surface area contributed by atoms with Gasteiger partial charge in [0.2, 0.25) is 0 Å². The first kappa shape index (κ1) is 17.5. The summed E-state index contributed by atoms with van der Waals surface area (Å²) in [5.41, 5.74) is 4.67. The van der Waals surface area contributed by atoms with Crippen LogP contribution in [0.5, 0.6) is 0 Å². The lowest BCUT2D eigenvalue weighted by Crippen LogP contribution is -2.27. The van der Waals surface area contributed by atoms with Crippen molar-refractivity contribution in [2.24, 2.45) is 0 Å². The molecular formula is C23H24N2O2. The smallest absolute Gasteiger partial charge is 0.258 e. The van der Waals surface area contributed by atoms with Gasteiger partial charge in [-0.15, -0.1) is 0 Å². The number of fused-ring (bicyclic) bond motifs is 1. The first-order chi connectivity index (χ1) is 13.0. The molecule has 0 unspecified atom stereocenters. The number of carbonyl (C=O) groups excluding carboxylic acids is 1. The van der Waals surface area contributed by atoms with Crippen molar-refractivity contribution in [2.45, 2.75) is 39.2 Å². The summed E-state index contributed by atoms with van der Waals surface area (Å²) in [4.78, 5) is 27.3. The molecule has 27 heavy (non-hydrogen) atoms. The zero-order chi connectivity index (χ0) is 19.1. The second kappa shape index (κ2) is 6.69. The van der Waals surface area contributed by atoms with Crippen molar-refractivity contribution in [3.63, 3.8) is 0 Å². The molecule has 1 fully saturated rings. The lowest BCUT2D eigenvalue weighted by molar-refractivity contribution is 0.0993. The molecule has 0 saturated heterocycles. The second-order valence-electron chi connectivity index (χ2n) is 7.34. The van der Waals surface area contributed by atoms with Crippen molar-refractivity contribution in [1.82, 2.24) is 4.57 Å². The van der Waals surface area contributed by atoms with E-state index < -0.39 is 0 Å². The van der Waals surface area contributed by atoms with Crippen LogP contribution in [0.1, 0.15) is 47.2 Å². The van der Waals surface area contributed by atoms with Crippen LogP contribution in [0.25, 0.3) is 10.9 Å². The molecule has 2 aromatic carbocycles. The molecule has 0 atom stereocenters. The van der Waals surface area contributed by atoms with Crippen molar-refractivity contribution in [3.8, 4) is 0 Å². The fourth-order valence-electron chi connectivity index (χ4n) is 3.84. The van der Waals surface area contributed by atoms with Crippen LogP contribution < -0.4 is 10.5 Å². The summed E-state index contributed by atoms with van der Waals surface area (Å²) in [5.74, 6) is 0.411. The van der Waals surface area contributed by atoms with Crippen LogP contribution in [0, 0.1) is 6.92 Å². The SMILES string of the molecule is CCn1c(=O)cc(C2CC2)c2cc(C(=O)N(C)c3ccccc3C)ccc21. The number of hydrogen-bond donors (Lipinski definition) is 0. The first-order valence-corrected chi connectivity index (χ1v) is 9.52. The fourth-order valence-corrected chi connectivity index (χ4v) is 3.84. The molecule has 1 amide bonds. The highest BCUT2D eigenvalue weighted by Crippen LogP contribution is 2.42. The highest BCUT2D eigenvalue weighted by atomic mass is 16.2. The molecule has 1 aliphatic carbocycles. The molecule has 4 nitrogen and oxygen atoms in total. The molecule has 1 aliphatic rings. The highest BCUT2D eigenvalue weighted by Gasteiger charge is 2.27. The molecule has 0 aliphatic heterocycles. The van der Waals surface area contributed by atoms with E-state index in [0.717, 1.165) is 40.6 Å². The van der Waals surface area contributed by atoms with E-state index in [1.165, 1.54) is 0 Å². The number of pyridine rings is 1. The number of aromatic nitrogens is 1. The molecule has 1 saturated carbocycles. The van der Waals surface area contributed by atoms with Crippen LogP contribution in [0.2, 0.25) is 0 Å². The monoisotopic (exact) mass is 360 g/mol. The third kappa shape index (κ3) is 3.05. The van der Waals surface area contributed by atoms with Crippen molar-refractivity contribution in [1.29, 1.82) is 0 Å². The topological polar surface area (TPSA) is 42.3 Å². The molecule has 4 rings (SSSR count). The van der Waals surface area contributed by atoms with Crippen LogP contribution in [-0.2, 0) is 6.54 Å². The Morgan fingerprint density at radius 1 is 1.15 bits per heavy atom. The van der Waals surface area contributed by atoms with E-state index >= 15 is 0 Å². The van der Waals surface area contributed by atoms with Crippen LogP contribution in [0.4, 0.5) is 5.69 Å². The van der Waals surface area contributed by atoms with Gasteiger partial charge >= 0.3 is 0 Å². The summed E-state index contributed by atoms with van der Waals surface area (Å²) < 4.78 is 1.78. The van der Waals surface area contributed by atoms with Gasteiger partial charge in [-0.3, -0.25) is 9.59 Å². The molecular weight excluding hydrogens is 336 g/mol. The number of benzene rings is 2. The second-order valence-corrected chi connectivity index (χ2v) is 7.34. The maximum atomic E-state index is 13.1. The fraction of sp³-hybridized carbons (Fsp3) is 0.304. The van der Waals surface area contributed by atoms with Crippen LogP contribution in [-0.4, -0.2) is 17.5 Å². The average molecular weight is 360 g/mol. The van der Waals surface area contributed by atoms with E-state index in [2.05, 4.69) is 0 Å². The zero-order valence-corrected chi connectivity index (χ0v) is 16.0. The van der Waals surface area contributed by atoms with Crippen molar-refractivity contribution in [2.75, 3.05) is 11.9 Å². The third-order valence-electron chi connectivity index (χ3n) is 5.51. The Kier molecular flexibility index (Phi) is 4.34. The van der Waals surface area contributed by atoms with Gasteiger partial charge in [-0.25, -0.2) is 0 Å². The molecule has 138 valence electrons. The van der Waals surface area contributed by atoms with E-state index in [-0.39, 0.29) is 11.5 Å². The number of hydrogen-bond acceptors (Lipinski definition) is 2. The zero-order valence-electron chi connectivity index (χ0n) is 16.0. The van der Waals surface area contributed by atoms with E-state index in [1.54, 1.807) is 15.5 Å². The molecule has 1 heterocycles. The van der Waals surface area contributed by atoms with E-state index in [0.29, 0.717) is 18.0 Å². The first-order valence-electron chi connectivity index (χ1n) is 9.52. The quantitative estimate of drug-likeness (QED) is 0.688. The van der Waals surface area contributed by atoms with Gasteiger partial charge in [-0.1, -0.05) is 18.2 Å². The number of amides is 1. The normalized spacial score (nSPS) is 13.7. The van der Waals surface area contributed by atoms with Crippen molar-refractivity contribution < 1.29 is 4.79 Å². The lowest BCUT2D eigenvalue weighted by Gasteiger charge is -2.20. The van der Waals surface area contributed by atoms with Gasteiger partial charge in [0.1, 0.15) is 0 Å². The Labute approximate surface area is 159 Å². The maximum Gasteiger partial charge on any atom is 0.258 e. The van der Waals surface area contributed by atoms with Gasteiger partial charge in [-0.2, -0.15) is 0 Å². The summed E-state index contributed by atoms with van der Waals surface area (Å²) in [5, 5.41) is 1.03. The summed E-state index contributed by atoms with van der Waals surface area (Å²) >= 11 is 0. The molecule has 0 spiro atoms. The predicted molar refractivity (Wildman–Crippen MR) is 110 cm³/mol. The highest BCUT2D eigenvalue weighted by molar-refractivity contribution is 6.08. The standard InChI is InChI=1S/C23H24N2O2/c1-4-25-21-12-11-17(13-19(21)18(14-22(25)26)16-9-10-16)23(27)24(3)20-8-6-5-7-15(20)2/h5-8,11-14,16H,4,9-10H2,1-3H3. The van der Waals surface area contributed by atoms with E-state index in [4.69, 9.17) is 0 Å². The van der Waals surface area contributed by atoms with Gasteiger partial charge in [0.05, 0.1) is 5.52 Å². The summed E-state index contributed by atoms with van der Waals surface area (Å²) in [6.07, 6.45) is 2.23. The maximum absolute atomic E-state index is 13.1. The number of aryl methyl sites for hydroxylation is 2. The number of anilines is 1.